The Morgan fingerprint density at radius 2 is 1.88 bits per heavy atom. The van der Waals surface area contributed by atoms with Crippen LogP contribution >= 0.6 is 15.9 Å². The second-order valence-electron chi connectivity index (χ2n) is 9.55. The number of allylic oxidation sites excluding steroid dienone is 1. The summed E-state index contributed by atoms with van der Waals surface area (Å²) < 4.78 is 24.2. The van der Waals surface area contributed by atoms with Gasteiger partial charge in [-0.3, -0.25) is 0 Å². The van der Waals surface area contributed by atoms with Gasteiger partial charge >= 0.3 is 5.97 Å². The molecule has 0 saturated carbocycles. The summed E-state index contributed by atoms with van der Waals surface area (Å²) in [7, 11) is -1.72. The first-order valence-corrected chi connectivity index (χ1v) is 14.9. The van der Waals surface area contributed by atoms with Gasteiger partial charge in [0.25, 0.3) is 0 Å². The van der Waals surface area contributed by atoms with Gasteiger partial charge in [-0.2, -0.15) is 0 Å². The SMILES string of the molecule is C=CCOC(=O)C1=C[C@@H](c2ccc(Br)cc2)C[C@@H](OCCCCO[Si](C)(C)C(C)(C)C)O1. The maximum Gasteiger partial charge on any atom is 0.373 e. The topological polar surface area (TPSA) is 54.0 Å². The second kappa shape index (κ2) is 12.2. The Bertz CT molecular complexity index is 783. The summed E-state index contributed by atoms with van der Waals surface area (Å²) in [5.74, 6) is -0.296. The summed E-state index contributed by atoms with van der Waals surface area (Å²) in [5.41, 5.74) is 1.10. The van der Waals surface area contributed by atoms with Gasteiger partial charge in [0.15, 0.2) is 8.32 Å². The van der Waals surface area contributed by atoms with E-state index in [4.69, 9.17) is 18.6 Å². The Hall–Kier alpha value is -1.41. The summed E-state index contributed by atoms with van der Waals surface area (Å²) >= 11 is 3.47. The van der Waals surface area contributed by atoms with Crippen molar-refractivity contribution >= 4 is 30.2 Å². The number of carbonyl (C=O) groups is 1. The second-order valence-corrected chi connectivity index (χ2v) is 15.3. The summed E-state index contributed by atoms with van der Waals surface area (Å²) in [5, 5.41) is 0.213. The van der Waals surface area contributed by atoms with E-state index in [0.717, 1.165) is 29.5 Å². The molecule has 7 heteroatoms. The molecule has 5 nitrogen and oxygen atoms in total. The van der Waals surface area contributed by atoms with E-state index in [9.17, 15) is 4.79 Å². The van der Waals surface area contributed by atoms with Crippen LogP contribution in [0, 0.1) is 0 Å². The summed E-state index contributed by atoms with van der Waals surface area (Å²) in [6, 6.07) is 8.07. The van der Waals surface area contributed by atoms with Crippen molar-refractivity contribution in [3.05, 3.63) is 58.8 Å². The highest BCUT2D eigenvalue weighted by atomic mass is 79.9. The van der Waals surface area contributed by atoms with Gasteiger partial charge < -0.3 is 18.6 Å². The van der Waals surface area contributed by atoms with Crippen LogP contribution in [0.4, 0.5) is 0 Å². The quantitative estimate of drug-likeness (QED) is 0.139. The van der Waals surface area contributed by atoms with Crippen molar-refractivity contribution < 1.29 is 23.4 Å². The number of rotatable bonds is 11. The summed E-state index contributed by atoms with van der Waals surface area (Å²) in [4.78, 5) is 12.4. The molecule has 0 radical (unpaired) electrons. The third-order valence-electron chi connectivity index (χ3n) is 6.00. The molecule has 1 heterocycles. The Morgan fingerprint density at radius 1 is 1.22 bits per heavy atom. The van der Waals surface area contributed by atoms with Gasteiger partial charge in [-0.15, -0.1) is 0 Å². The largest absolute Gasteiger partial charge is 0.458 e. The third kappa shape index (κ3) is 8.18. The molecule has 1 aliphatic rings. The minimum Gasteiger partial charge on any atom is -0.458 e. The smallest absolute Gasteiger partial charge is 0.373 e. The Morgan fingerprint density at radius 3 is 2.50 bits per heavy atom. The van der Waals surface area contributed by atoms with E-state index in [2.05, 4.69) is 56.4 Å². The van der Waals surface area contributed by atoms with Crippen LogP contribution in [0.5, 0.6) is 0 Å². The van der Waals surface area contributed by atoms with Crippen LogP contribution in [0.25, 0.3) is 0 Å². The lowest BCUT2D eigenvalue weighted by Gasteiger charge is -2.36. The van der Waals surface area contributed by atoms with Crippen molar-refractivity contribution in [2.45, 2.75) is 70.4 Å². The van der Waals surface area contributed by atoms with Gasteiger partial charge in [-0.1, -0.05) is 61.5 Å². The molecule has 32 heavy (non-hydrogen) atoms. The molecular formula is C25H37BrO5Si. The first-order chi connectivity index (χ1) is 15.0. The predicted molar refractivity (Wildman–Crippen MR) is 134 cm³/mol. The van der Waals surface area contributed by atoms with Crippen molar-refractivity contribution in [3.63, 3.8) is 0 Å². The van der Waals surface area contributed by atoms with Crippen molar-refractivity contribution in [1.82, 2.24) is 0 Å². The molecule has 0 spiro atoms. The maximum absolute atomic E-state index is 12.4. The van der Waals surface area contributed by atoms with Crippen LogP contribution in [0.1, 0.15) is 51.5 Å². The zero-order chi connectivity index (χ0) is 23.8. The number of ether oxygens (including phenoxy) is 3. The van der Waals surface area contributed by atoms with E-state index < -0.39 is 20.6 Å². The first-order valence-electron chi connectivity index (χ1n) is 11.2. The monoisotopic (exact) mass is 524 g/mol. The minimum atomic E-state index is -1.72. The predicted octanol–water partition coefficient (Wildman–Crippen LogP) is 6.71. The molecule has 0 saturated heterocycles. The number of hydrogen-bond acceptors (Lipinski definition) is 5. The van der Waals surface area contributed by atoms with Gasteiger partial charge in [0.05, 0.1) is 6.61 Å². The molecule has 0 aliphatic carbocycles. The average molecular weight is 526 g/mol. The molecule has 0 fully saturated rings. The molecule has 2 rings (SSSR count). The number of benzene rings is 1. The zero-order valence-corrected chi connectivity index (χ0v) is 22.6. The van der Waals surface area contributed by atoms with Crippen molar-refractivity contribution in [2.24, 2.45) is 0 Å². The van der Waals surface area contributed by atoms with Gasteiger partial charge in [0, 0.05) is 23.4 Å². The fourth-order valence-electron chi connectivity index (χ4n) is 3.02. The number of carbonyl (C=O) groups excluding carboxylic acids is 1. The molecule has 1 aromatic rings. The van der Waals surface area contributed by atoms with Gasteiger partial charge in [-0.25, -0.2) is 4.79 Å². The van der Waals surface area contributed by atoms with E-state index in [1.165, 1.54) is 6.08 Å². The number of hydrogen-bond donors (Lipinski definition) is 0. The maximum atomic E-state index is 12.4. The molecule has 0 unspecified atom stereocenters. The molecular weight excluding hydrogens is 488 g/mol. The van der Waals surface area contributed by atoms with E-state index >= 15 is 0 Å². The lowest BCUT2D eigenvalue weighted by Crippen LogP contribution is -2.41. The minimum absolute atomic E-state index is 0.00930. The van der Waals surface area contributed by atoms with Crippen molar-refractivity contribution in [3.8, 4) is 0 Å². The fraction of sp³-hybridized carbons (Fsp3) is 0.560. The number of halogens is 1. The first kappa shape index (κ1) is 26.8. The molecule has 178 valence electrons. The van der Waals surface area contributed by atoms with E-state index in [1.807, 2.05) is 30.3 Å². The van der Waals surface area contributed by atoms with Crippen molar-refractivity contribution in [1.29, 1.82) is 0 Å². The highest BCUT2D eigenvalue weighted by Crippen LogP contribution is 2.36. The fourth-order valence-corrected chi connectivity index (χ4v) is 4.37. The van der Waals surface area contributed by atoms with E-state index in [-0.39, 0.29) is 23.3 Å². The third-order valence-corrected chi connectivity index (χ3v) is 11.1. The standard InChI is InChI=1S/C25H37BrO5Si/c1-7-14-29-24(27)22-17-20(19-10-12-21(26)13-11-19)18-23(31-22)28-15-8-9-16-30-32(5,6)25(2,3)4/h7,10-13,17,20,23H,1,8-9,14-16,18H2,2-6H3/t20-,23+/m1/s1. The van der Waals surface area contributed by atoms with Crippen LogP contribution in [0.2, 0.25) is 18.1 Å². The molecule has 0 N–H and O–H groups in total. The summed E-state index contributed by atoms with van der Waals surface area (Å²) in [6.07, 6.45) is 5.30. The lowest BCUT2D eigenvalue weighted by atomic mass is 9.93. The highest BCUT2D eigenvalue weighted by molar-refractivity contribution is 9.10. The van der Waals surface area contributed by atoms with E-state index in [0.29, 0.717) is 13.0 Å². The van der Waals surface area contributed by atoms with E-state index in [1.54, 1.807) is 0 Å². The van der Waals surface area contributed by atoms with Crippen LogP contribution in [-0.2, 0) is 23.4 Å². The van der Waals surface area contributed by atoms with Crippen LogP contribution in [-0.4, -0.2) is 40.4 Å². The van der Waals surface area contributed by atoms with Gasteiger partial charge in [0.2, 0.25) is 12.0 Å². The summed E-state index contributed by atoms with van der Waals surface area (Å²) in [6.45, 7) is 16.3. The van der Waals surface area contributed by atoms with Crippen molar-refractivity contribution in [2.75, 3.05) is 19.8 Å². The van der Waals surface area contributed by atoms with Crippen LogP contribution in [0.3, 0.4) is 0 Å². The molecule has 0 amide bonds. The Labute approximate surface area is 202 Å². The Kier molecular flexibility index (Phi) is 10.2. The van der Waals surface area contributed by atoms with Gasteiger partial charge in [-0.05, 0) is 54.7 Å². The lowest BCUT2D eigenvalue weighted by molar-refractivity contribution is -0.160. The van der Waals surface area contributed by atoms with Crippen LogP contribution < -0.4 is 0 Å². The highest BCUT2D eigenvalue weighted by Gasteiger charge is 2.36. The number of unbranched alkanes of at least 4 members (excludes halogenated alkanes) is 1. The normalized spacial score (nSPS) is 19.1. The average Bonchev–Trinajstić information content (AvgIpc) is 2.74. The molecule has 1 aliphatic heterocycles. The van der Waals surface area contributed by atoms with Crippen LogP contribution in [0.15, 0.2) is 53.2 Å². The van der Waals surface area contributed by atoms with Gasteiger partial charge in [0.1, 0.15) is 6.61 Å². The molecule has 0 aromatic heterocycles. The molecule has 1 aromatic carbocycles. The molecule has 2 atom stereocenters. The zero-order valence-electron chi connectivity index (χ0n) is 20.0. The number of esters is 1. The molecule has 0 bridgehead atoms. The Balaban J connectivity index is 1.90.